The van der Waals surface area contributed by atoms with Gasteiger partial charge in [-0.1, -0.05) is 0 Å². The van der Waals surface area contributed by atoms with Gasteiger partial charge in [-0.05, 0) is 12.1 Å². The van der Waals surface area contributed by atoms with E-state index in [2.05, 4.69) is 5.32 Å². The smallest absolute Gasteiger partial charge is 0.254 e. The average molecular weight is 336 g/mol. The fourth-order valence-electron chi connectivity index (χ4n) is 3.02. The zero-order valence-electron chi connectivity index (χ0n) is 14.5. The van der Waals surface area contributed by atoms with Crippen LogP contribution in [0.3, 0.4) is 0 Å². The van der Waals surface area contributed by atoms with Crippen molar-refractivity contribution in [3.63, 3.8) is 0 Å². The number of nitrogens with one attached hydrogen (secondary N) is 1. The number of carbonyl (C=O) groups is 2. The van der Waals surface area contributed by atoms with Crippen LogP contribution in [0.15, 0.2) is 18.2 Å². The number of amides is 2. The Balaban J connectivity index is 2.22. The summed E-state index contributed by atoms with van der Waals surface area (Å²) < 4.78 is 15.6. The largest absolute Gasteiger partial charge is 0.497 e. The highest BCUT2D eigenvalue weighted by atomic mass is 16.5. The number of nitrogens with zero attached hydrogens (tertiary/aromatic N) is 1. The summed E-state index contributed by atoms with van der Waals surface area (Å²) in [7, 11) is 6.27. The van der Waals surface area contributed by atoms with Gasteiger partial charge in [0.2, 0.25) is 5.91 Å². The molecular formula is C17H24N2O5. The molecule has 1 saturated heterocycles. The van der Waals surface area contributed by atoms with Gasteiger partial charge in [-0.15, -0.1) is 0 Å². The van der Waals surface area contributed by atoms with Crippen molar-refractivity contribution in [1.82, 2.24) is 10.2 Å². The second kappa shape index (κ2) is 8.01. The molecule has 2 atom stereocenters. The fourth-order valence-corrected chi connectivity index (χ4v) is 3.02. The Morgan fingerprint density at radius 3 is 2.25 bits per heavy atom. The van der Waals surface area contributed by atoms with Crippen LogP contribution >= 0.6 is 0 Å². The minimum Gasteiger partial charge on any atom is -0.497 e. The van der Waals surface area contributed by atoms with E-state index in [-0.39, 0.29) is 23.7 Å². The normalized spacial score (nSPS) is 19.9. The molecule has 2 rings (SSSR count). The van der Waals surface area contributed by atoms with Gasteiger partial charge in [-0.3, -0.25) is 9.59 Å². The van der Waals surface area contributed by atoms with Crippen molar-refractivity contribution >= 4 is 11.8 Å². The molecule has 1 aliphatic heterocycles. The monoisotopic (exact) mass is 336 g/mol. The predicted molar refractivity (Wildman–Crippen MR) is 88.4 cm³/mol. The Bertz CT molecular complexity index is 582. The van der Waals surface area contributed by atoms with Crippen molar-refractivity contribution in [2.75, 3.05) is 48.1 Å². The van der Waals surface area contributed by atoms with Crippen LogP contribution in [-0.2, 0) is 9.53 Å². The third kappa shape index (κ3) is 3.79. The molecule has 1 N–H and O–H groups in total. The van der Waals surface area contributed by atoms with Gasteiger partial charge in [-0.2, -0.15) is 0 Å². The van der Waals surface area contributed by atoms with E-state index in [1.165, 1.54) is 14.2 Å². The van der Waals surface area contributed by atoms with Gasteiger partial charge in [0.15, 0.2) is 0 Å². The van der Waals surface area contributed by atoms with Crippen molar-refractivity contribution in [1.29, 1.82) is 0 Å². The van der Waals surface area contributed by atoms with E-state index in [0.717, 1.165) is 0 Å². The zero-order chi connectivity index (χ0) is 17.7. The van der Waals surface area contributed by atoms with Crippen LogP contribution in [0.25, 0.3) is 0 Å². The van der Waals surface area contributed by atoms with Crippen LogP contribution < -0.4 is 14.8 Å². The molecule has 7 heteroatoms. The summed E-state index contributed by atoms with van der Waals surface area (Å²) in [5.74, 6) is 0.578. The molecule has 0 saturated carbocycles. The molecule has 1 aromatic carbocycles. The molecule has 1 aromatic rings. The minimum atomic E-state index is -0.272. The summed E-state index contributed by atoms with van der Waals surface area (Å²) in [5.41, 5.74) is 0.472. The first-order chi connectivity index (χ1) is 11.5. The van der Waals surface area contributed by atoms with Crippen LogP contribution in [0.1, 0.15) is 10.4 Å². The second-order valence-electron chi connectivity index (χ2n) is 5.75. The third-order valence-corrected chi connectivity index (χ3v) is 4.29. The van der Waals surface area contributed by atoms with Gasteiger partial charge in [0.1, 0.15) is 11.5 Å². The molecule has 0 aliphatic carbocycles. The summed E-state index contributed by atoms with van der Waals surface area (Å²) in [6.45, 7) is 1.28. The molecule has 2 amide bonds. The first-order valence-corrected chi connectivity index (χ1v) is 7.76. The van der Waals surface area contributed by atoms with Crippen LogP contribution in [0.2, 0.25) is 0 Å². The lowest BCUT2D eigenvalue weighted by Crippen LogP contribution is -2.34. The number of benzene rings is 1. The first kappa shape index (κ1) is 18.1. The number of rotatable bonds is 6. The van der Waals surface area contributed by atoms with Crippen molar-refractivity contribution in [2.45, 2.75) is 0 Å². The van der Waals surface area contributed by atoms with Gasteiger partial charge in [0, 0.05) is 44.8 Å². The Morgan fingerprint density at radius 1 is 1.12 bits per heavy atom. The minimum absolute atomic E-state index is 0.0218. The summed E-state index contributed by atoms with van der Waals surface area (Å²) in [4.78, 5) is 26.6. The van der Waals surface area contributed by atoms with Crippen molar-refractivity contribution in [3.8, 4) is 11.5 Å². The molecule has 0 spiro atoms. The lowest BCUT2D eigenvalue weighted by Gasteiger charge is -2.17. The van der Waals surface area contributed by atoms with Crippen LogP contribution in [0, 0.1) is 11.8 Å². The Labute approximate surface area is 141 Å². The first-order valence-electron chi connectivity index (χ1n) is 7.76. The molecule has 0 radical (unpaired) electrons. The van der Waals surface area contributed by atoms with Gasteiger partial charge in [-0.25, -0.2) is 0 Å². The quantitative estimate of drug-likeness (QED) is 0.831. The summed E-state index contributed by atoms with van der Waals surface area (Å²) in [5, 5.41) is 2.66. The molecule has 0 unspecified atom stereocenters. The number of likely N-dealkylation sites (tertiary alicyclic amines) is 1. The Morgan fingerprint density at radius 2 is 1.75 bits per heavy atom. The second-order valence-corrected chi connectivity index (χ2v) is 5.75. The van der Waals surface area contributed by atoms with E-state index in [9.17, 15) is 9.59 Å². The SMILES string of the molecule is CNC(=O)[C@@H]1CN(C(=O)c2cc(OC)cc(OC)c2)C[C@H]1COC. The number of hydrogen-bond acceptors (Lipinski definition) is 5. The molecule has 1 aliphatic rings. The number of methoxy groups -OCH3 is 3. The molecule has 1 heterocycles. The number of hydrogen-bond donors (Lipinski definition) is 1. The van der Waals surface area contributed by atoms with Crippen molar-refractivity contribution < 1.29 is 23.8 Å². The highest BCUT2D eigenvalue weighted by Crippen LogP contribution is 2.28. The average Bonchev–Trinajstić information content (AvgIpc) is 3.04. The topological polar surface area (TPSA) is 77.1 Å². The maximum atomic E-state index is 12.8. The summed E-state index contributed by atoms with van der Waals surface area (Å²) in [6, 6.07) is 5.05. The van der Waals surface area contributed by atoms with E-state index < -0.39 is 0 Å². The van der Waals surface area contributed by atoms with Gasteiger partial charge >= 0.3 is 0 Å². The van der Waals surface area contributed by atoms with E-state index >= 15 is 0 Å². The molecule has 1 fully saturated rings. The lowest BCUT2D eigenvalue weighted by atomic mass is 9.96. The van der Waals surface area contributed by atoms with Crippen LogP contribution in [0.5, 0.6) is 11.5 Å². The third-order valence-electron chi connectivity index (χ3n) is 4.29. The molecule has 7 nitrogen and oxygen atoms in total. The van der Waals surface area contributed by atoms with Crippen molar-refractivity contribution in [2.24, 2.45) is 11.8 Å². The Kier molecular flexibility index (Phi) is 6.03. The molecule has 0 aromatic heterocycles. The van der Waals surface area contributed by atoms with E-state index in [0.29, 0.717) is 36.8 Å². The number of carbonyl (C=O) groups excluding carboxylic acids is 2. The van der Waals surface area contributed by atoms with Crippen LogP contribution in [-0.4, -0.2) is 64.8 Å². The zero-order valence-corrected chi connectivity index (χ0v) is 14.5. The Hall–Kier alpha value is -2.28. The maximum absolute atomic E-state index is 12.8. The molecule has 24 heavy (non-hydrogen) atoms. The van der Waals surface area contributed by atoms with Gasteiger partial charge in [0.25, 0.3) is 5.91 Å². The van der Waals surface area contributed by atoms with Gasteiger partial charge < -0.3 is 24.4 Å². The van der Waals surface area contributed by atoms with E-state index in [4.69, 9.17) is 14.2 Å². The fraction of sp³-hybridized carbons (Fsp3) is 0.529. The van der Waals surface area contributed by atoms with Crippen molar-refractivity contribution in [3.05, 3.63) is 23.8 Å². The highest BCUT2D eigenvalue weighted by Gasteiger charge is 2.39. The lowest BCUT2D eigenvalue weighted by molar-refractivity contribution is -0.125. The van der Waals surface area contributed by atoms with E-state index in [1.54, 1.807) is 37.3 Å². The summed E-state index contributed by atoms with van der Waals surface area (Å²) in [6.07, 6.45) is 0. The standard InChI is InChI=1S/C17H24N2O5/c1-18-16(20)15-9-19(8-12(15)10-22-2)17(21)11-5-13(23-3)7-14(6-11)24-4/h5-7,12,15H,8-10H2,1-4H3,(H,18,20)/t12-,15+/m0/s1. The van der Waals surface area contributed by atoms with Crippen LogP contribution in [0.4, 0.5) is 0 Å². The highest BCUT2D eigenvalue weighted by molar-refractivity contribution is 5.96. The molecular weight excluding hydrogens is 312 g/mol. The van der Waals surface area contributed by atoms with E-state index in [1.807, 2.05) is 0 Å². The molecule has 132 valence electrons. The summed E-state index contributed by atoms with van der Waals surface area (Å²) >= 11 is 0. The maximum Gasteiger partial charge on any atom is 0.254 e. The van der Waals surface area contributed by atoms with Gasteiger partial charge in [0.05, 0.1) is 26.7 Å². The number of ether oxygens (including phenoxy) is 3. The predicted octanol–water partition coefficient (Wildman–Crippen LogP) is 0.784. The molecule has 0 bridgehead atoms.